The largest absolute Gasteiger partial charge is 0.456 e. The van der Waals surface area contributed by atoms with Crippen LogP contribution in [-0.4, -0.2) is 10.6 Å². The normalized spacial score (nSPS) is 17.1. The van der Waals surface area contributed by atoms with Gasteiger partial charge in [0.2, 0.25) is 0 Å². The van der Waals surface area contributed by atoms with Crippen LogP contribution in [-0.2, 0) is 0 Å². The summed E-state index contributed by atoms with van der Waals surface area (Å²) >= 11 is 0. The highest BCUT2D eigenvalue weighted by Gasteiger charge is 2.40. The summed E-state index contributed by atoms with van der Waals surface area (Å²) in [5.41, 5.74) is 11.8. The van der Waals surface area contributed by atoms with Gasteiger partial charge in [-0.05, 0) is 48.0 Å². The fraction of sp³-hybridized carbons (Fsp3) is 0.0476. The van der Waals surface area contributed by atoms with Gasteiger partial charge in [0.1, 0.15) is 11.2 Å². The molecule has 0 spiro atoms. The molecular weight excluding hydrogens is 548 g/mol. The second-order valence-electron chi connectivity index (χ2n) is 12.0. The molecule has 2 aromatic heterocycles. The Morgan fingerprint density at radius 2 is 1.24 bits per heavy atom. The maximum Gasteiger partial charge on any atom is 0.136 e. The minimum absolute atomic E-state index is 0.152. The van der Waals surface area contributed by atoms with E-state index < -0.39 is 0 Å². The highest BCUT2D eigenvalue weighted by Crippen LogP contribution is 2.54. The van der Waals surface area contributed by atoms with Crippen LogP contribution in [0.4, 0.5) is 11.4 Å². The minimum Gasteiger partial charge on any atom is -0.456 e. The summed E-state index contributed by atoms with van der Waals surface area (Å²) in [5, 5.41) is 4.88. The van der Waals surface area contributed by atoms with E-state index in [1.165, 1.54) is 55.6 Å². The van der Waals surface area contributed by atoms with Gasteiger partial charge in [0.15, 0.2) is 0 Å². The molecule has 8 aromatic rings. The smallest absolute Gasteiger partial charge is 0.136 e. The van der Waals surface area contributed by atoms with Gasteiger partial charge in [0.25, 0.3) is 0 Å². The standard InChI is InChI=1S/C42H28N2O/c1-2-13-27(14-3-1)43-34-20-8-5-16-29(34)31-25-26-37-41(42(31)43)32-17-6-10-22-36(32)44(37)35-21-9-4-15-28(35)30-19-12-24-39-40(30)33-18-7-11-23-38(33)45-39/h1-26,32,36H. The first kappa shape index (κ1) is 24.6. The number of hydrogen-bond donors (Lipinski definition) is 0. The maximum atomic E-state index is 6.32. The summed E-state index contributed by atoms with van der Waals surface area (Å²) in [6.07, 6.45) is 9.18. The van der Waals surface area contributed by atoms with Crippen LogP contribution in [0.15, 0.2) is 162 Å². The molecule has 3 nitrogen and oxygen atoms in total. The highest BCUT2D eigenvalue weighted by atomic mass is 16.3. The lowest BCUT2D eigenvalue weighted by Gasteiger charge is -2.30. The number of benzene rings is 6. The predicted molar refractivity (Wildman–Crippen MR) is 187 cm³/mol. The molecular formula is C42H28N2O. The summed E-state index contributed by atoms with van der Waals surface area (Å²) < 4.78 is 8.79. The van der Waals surface area contributed by atoms with Crippen LogP contribution in [0.3, 0.4) is 0 Å². The lowest BCUT2D eigenvalue weighted by Crippen LogP contribution is -2.28. The Balaban J connectivity index is 1.28. The third-order valence-corrected chi connectivity index (χ3v) is 9.72. The summed E-state index contributed by atoms with van der Waals surface area (Å²) in [7, 11) is 0. The summed E-state index contributed by atoms with van der Waals surface area (Å²) in [6.45, 7) is 0. The fourth-order valence-corrected chi connectivity index (χ4v) is 7.93. The molecule has 0 N–H and O–H groups in total. The first-order chi connectivity index (χ1) is 22.4. The Bertz CT molecular complexity index is 2510. The molecule has 1 aliphatic heterocycles. The Hall–Kier alpha value is -5.80. The van der Waals surface area contributed by atoms with Crippen LogP contribution in [0.5, 0.6) is 0 Å². The van der Waals surface area contributed by atoms with E-state index in [1.807, 2.05) is 6.07 Å². The predicted octanol–water partition coefficient (Wildman–Crippen LogP) is 11.1. The van der Waals surface area contributed by atoms with E-state index in [1.54, 1.807) is 0 Å². The Morgan fingerprint density at radius 3 is 2.18 bits per heavy atom. The van der Waals surface area contributed by atoms with E-state index in [0.29, 0.717) is 0 Å². The van der Waals surface area contributed by atoms with Crippen LogP contribution >= 0.6 is 0 Å². The van der Waals surface area contributed by atoms with E-state index in [2.05, 4.69) is 161 Å². The van der Waals surface area contributed by atoms with Crippen molar-refractivity contribution in [2.24, 2.45) is 0 Å². The van der Waals surface area contributed by atoms with Gasteiger partial charge in [-0.2, -0.15) is 0 Å². The molecule has 0 fully saturated rings. The number of anilines is 2. The van der Waals surface area contributed by atoms with Crippen LogP contribution in [0.1, 0.15) is 11.5 Å². The second-order valence-corrected chi connectivity index (χ2v) is 12.0. The van der Waals surface area contributed by atoms with Crippen LogP contribution in [0.25, 0.3) is 60.6 Å². The number of fused-ring (bicyclic) bond motifs is 10. The van der Waals surface area contributed by atoms with Crippen molar-refractivity contribution < 1.29 is 4.42 Å². The zero-order valence-corrected chi connectivity index (χ0v) is 24.5. The molecule has 45 heavy (non-hydrogen) atoms. The molecule has 0 radical (unpaired) electrons. The first-order valence-corrected chi connectivity index (χ1v) is 15.6. The zero-order valence-electron chi connectivity index (χ0n) is 24.5. The molecule has 10 rings (SSSR count). The number of para-hydroxylation sites is 4. The van der Waals surface area contributed by atoms with E-state index in [0.717, 1.165) is 21.9 Å². The zero-order chi connectivity index (χ0) is 29.5. The number of nitrogens with zero attached hydrogens (tertiary/aromatic N) is 2. The minimum atomic E-state index is 0.152. The van der Waals surface area contributed by atoms with Gasteiger partial charge >= 0.3 is 0 Å². The van der Waals surface area contributed by atoms with E-state index in [9.17, 15) is 0 Å². The molecule has 2 aliphatic rings. The van der Waals surface area contributed by atoms with Crippen molar-refractivity contribution in [3.05, 3.63) is 163 Å². The fourth-order valence-electron chi connectivity index (χ4n) is 7.93. The monoisotopic (exact) mass is 576 g/mol. The van der Waals surface area contributed by atoms with Crippen molar-refractivity contribution in [3.63, 3.8) is 0 Å². The SMILES string of the molecule is C1=CC2c3c(ccc4c5ccccc5n(-c5ccccc5)c34)N(c3ccccc3-c3cccc4oc5ccccc5c34)C2C=C1. The Morgan fingerprint density at radius 1 is 0.511 bits per heavy atom. The molecule has 3 heteroatoms. The molecule has 3 heterocycles. The van der Waals surface area contributed by atoms with Gasteiger partial charge in [-0.3, -0.25) is 0 Å². The number of furan rings is 1. The maximum absolute atomic E-state index is 6.32. The molecule has 0 amide bonds. The van der Waals surface area contributed by atoms with Crippen LogP contribution < -0.4 is 4.90 Å². The van der Waals surface area contributed by atoms with Gasteiger partial charge < -0.3 is 13.9 Å². The summed E-state index contributed by atoms with van der Waals surface area (Å²) in [6, 6.07) is 48.1. The van der Waals surface area contributed by atoms with Crippen LogP contribution in [0.2, 0.25) is 0 Å². The lowest BCUT2D eigenvalue weighted by molar-refractivity contribution is 0.669. The lowest BCUT2D eigenvalue weighted by atomic mass is 9.90. The van der Waals surface area contributed by atoms with Crippen molar-refractivity contribution >= 4 is 55.1 Å². The molecule has 212 valence electrons. The van der Waals surface area contributed by atoms with Gasteiger partial charge in [-0.15, -0.1) is 0 Å². The number of aromatic nitrogens is 1. The molecule has 1 aliphatic carbocycles. The highest BCUT2D eigenvalue weighted by molar-refractivity contribution is 6.15. The van der Waals surface area contributed by atoms with Crippen molar-refractivity contribution in [2.75, 3.05) is 4.90 Å². The van der Waals surface area contributed by atoms with E-state index in [-0.39, 0.29) is 12.0 Å². The molecule has 6 aromatic carbocycles. The Kier molecular flexibility index (Phi) is 5.11. The van der Waals surface area contributed by atoms with E-state index in [4.69, 9.17) is 4.42 Å². The average molecular weight is 577 g/mol. The third-order valence-electron chi connectivity index (χ3n) is 9.72. The Labute approximate surface area is 260 Å². The molecule has 2 unspecified atom stereocenters. The van der Waals surface area contributed by atoms with Crippen molar-refractivity contribution in [2.45, 2.75) is 12.0 Å². The first-order valence-electron chi connectivity index (χ1n) is 15.6. The van der Waals surface area contributed by atoms with E-state index >= 15 is 0 Å². The van der Waals surface area contributed by atoms with Crippen molar-refractivity contribution in [1.29, 1.82) is 0 Å². The molecule has 0 saturated carbocycles. The quantitative estimate of drug-likeness (QED) is 0.209. The molecule has 2 atom stereocenters. The molecule has 0 bridgehead atoms. The van der Waals surface area contributed by atoms with Gasteiger partial charge in [0, 0.05) is 55.7 Å². The van der Waals surface area contributed by atoms with Gasteiger partial charge in [-0.25, -0.2) is 0 Å². The van der Waals surface area contributed by atoms with Crippen molar-refractivity contribution in [3.8, 4) is 16.8 Å². The third kappa shape index (κ3) is 3.41. The van der Waals surface area contributed by atoms with Gasteiger partial charge in [-0.1, -0.05) is 115 Å². The second kappa shape index (κ2) is 9.35. The summed E-state index contributed by atoms with van der Waals surface area (Å²) in [4.78, 5) is 2.57. The number of rotatable bonds is 3. The topological polar surface area (TPSA) is 21.3 Å². The number of allylic oxidation sites excluding steroid dienone is 2. The molecule has 0 saturated heterocycles. The van der Waals surface area contributed by atoms with Gasteiger partial charge in [0.05, 0.1) is 17.1 Å². The average Bonchev–Trinajstić information content (AvgIpc) is 3.76. The number of hydrogen-bond acceptors (Lipinski definition) is 2. The van der Waals surface area contributed by atoms with Crippen molar-refractivity contribution in [1.82, 2.24) is 4.57 Å². The van der Waals surface area contributed by atoms with Crippen LogP contribution in [0, 0.1) is 0 Å². The summed E-state index contributed by atoms with van der Waals surface area (Å²) in [5.74, 6) is 0.207.